The Morgan fingerprint density at radius 2 is 1.70 bits per heavy atom. The maximum absolute atomic E-state index is 13.2. The number of carbonyl (C=O) groups is 2. The van der Waals surface area contributed by atoms with Gasteiger partial charge in [-0.2, -0.15) is 0 Å². The Hall–Kier alpha value is -2.86. The summed E-state index contributed by atoms with van der Waals surface area (Å²) in [5.74, 6) is 0.448. The Balaban J connectivity index is 1.81. The van der Waals surface area contributed by atoms with Crippen LogP contribution >= 0.6 is 0 Å². The molecule has 0 aliphatic carbocycles. The molecule has 0 aromatic heterocycles. The molecule has 6 heteroatoms. The number of aryl methyl sites for hydroxylation is 1. The molecule has 0 radical (unpaired) electrons. The highest BCUT2D eigenvalue weighted by molar-refractivity contribution is 6.07. The van der Waals surface area contributed by atoms with Crippen molar-refractivity contribution >= 4 is 23.2 Å². The van der Waals surface area contributed by atoms with Gasteiger partial charge in [-0.3, -0.25) is 9.59 Å². The summed E-state index contributed by atoms with van der Waals surface area (Å²) in [6.45, 7) is 13.7. The van der Waals surface area contributed by atoms with Crippen molar-refractivity contribution in [3.63, 3.8) is 0 Å². The quantitative estimate of drug-likeness (QED) is 0.588. The molecule has 0 bridgehead atoms. The summed E-state index contributed by atoms with van der Waals surface area (Å²) < 4.78 is 0. The SMILES string of the molecule is CCN(CC)CCNC(=O)c1cc(NC(=O)c2ccccc2C)ccc1N1CCC(C)CC1. The van der Waals surface area contributed by atoms with Crippen molar-refractivity contribution in [2.75, 3.05) is 49.5 Å². The number of carbonyl (C=O) groups excluding carboxylic acids is 2. The molecule has 178 valence electrons. The summed E-state index contributed by atoms with van der Waals surface area (Å²) in [6, 6.07) is 13.2. The molecule has 33 heavy (non-hydrogen) atoms. The normalized spacial score (nSPS) is 14.4. The first-order valence-corrected chi connectivity index (χ1v) is 12.2. The molecular weight excluding hydrogens is 412 g/mol. The van der Waals surface area contributed by atoms with Crippen LogP contribution in [0.15, 0.2) is 42.5 Å². The molecular formula is C27H38N4O2. The number of likely N-dealkylation sites (N-methyl/N-ethyl adjacent to an activating group) is 1. The molecule has 0 atom stereocenters. The Morgan fingerprint density at radius 3 is 2.36 bits per heavy atom. The van der Waals surface area contributed by atoms with Gasteiger partial charge in [0, 0.05) is 43.1 Å². The molecule has 6 nitrogen and oxygen atoms in total. The molecule has 0 saturated carbocycles. The van der Waals surface area contributed by atoms with Crippen molar-refractivity contribution in [1.82, 2.24) is 10.2 Å². The maximum atomic E-state index is 13.2. The standard InChI is InChI=1S/C27H38N4O2/c1-5-30(6-2)18-15-28-26(32)24-19-22(29-27(33)23-10-8-7-9-21(23)4)11-12-25(24)31-16-13-20(3)14-17-31/h7-12,19-20H,5-6,13-18H2,1-4H3,(H,28,32)(H,29,33). The molecule has 2 aromatic rings. The summed E-state index contributed by atoms with van der Waals surface area (Å²) in [5.41, 5.74) is 3.74. The first kappa shape index (κ1) is 24.8. The predicted molar refractivity (Wildman–Crippen MR) is 136 cm³/mol. The molecule has 0 spiro atoms. The van der Waals surface area contributed by atoms with Crippen molar-refractivity contribution in [3.05, 3.63) is 59.2 Å². The second-order valence-electron chi connectivity index (χ2n) is 8.95. The first-order valence-electron chi connectivity index (χ1n) is 12.2. The predicted octanol–water partition coefficient (Wildman–Crippen LogP) is 4.56. The molecule has 1 aliphatic rings. The number of nitrogens with one attached hydrogen (secondary N) is 2. The maximum Gasteiger partial charge on any atom is 0.255 e. The Labute approximate surface area is 198 Å². The minimum Gasteiger partial charge on any atom is -0.371 e. The zero-order valence-electron chi connectivity index (χ0n) is 20.5. The van der Waals surface area contributed by atoms with Gasteiger partial charge in [0.1, 0.15) is 0 Å². The van der Waals surface area contributed by atoms with Crippen molar-refractivity contribution in [2.45, 2.75) is 40.5 Å². The first-order chi connectivity index (χ1) is 15.9. The number of anilines is 2. The van der Waals surface area contributed by atoms with Gasteiger partial charge in [-0.05, 0) is 68.6 Å². The van der Waals surface area contributed by atoms with Gasteiger partial charge < -0.3 is 20.4 Å². The van der Waals surface area contributed by atoms with E-state index in [-0.39, 0.29) is 11.8 Å². The number of amides is 2. The van der Waals surface area contributed by atoms with E-state index in [1.165, 1.54) is 0 Å². The third-order valence-electron chi connectivity index (χ3n) is 6.62. The third kappa shape index (κ3) is 6.57. The zero-order valence-corrected chi connectivity index (χ0v) is 20.5. The molecule has 3 rings (SSSR count). The Kier molecular flexibility index (Phi) is 8.89. The van der Waals surface area contributed by atoms with E-state index in [4.69, 9.17) is 0 Å². The van der Waals surface area contributed by atoms with Crippen LogP contribution in [-0.4, -0.2) is 56.0 Å². The summed E-state index contributed by atoms with van der Waals surface area (Å²) in [7, 11) is 0. The van der Waals surface area contributed by atoms with Crippen molar-refractivity contribution in [3.8, 4) is 0 Å². The van der Waals surface area contributed by atoms with Crippen LogP contribution in [0.4, 0.5) is 11.4 Å². The molecule has 1 fully saturated rings. The average Bonchev–Trinajstić information content (AvgIpc) is 2.82. The van der Waals surface area contributed by atoms with Crippen LogP contribution in [0.1, 0.15) is 59.9 Å². The van der Waals surface area contributed by atoms with E-state index in [1.54, 1.807) is 0 Å². The van der Waals surface area contributed by atoms with E-state index >= 15 is 0 Å². The van der Waals surface area contributed by atoms with Gasteiger partial charge in [0.2, 0.25) is 0 Å². The summed E-state index contributed by atoms with van der Waals surface area (Å²) >= 11 is 0. The van der Waals surface area contributed by atoms with Crippen LogP contribution in [0.3, 0.4) is 0 Å². The van der Waals surface area contributed by atoms with Crippen molar-refractivity contribution in [2.24, 2.45) is 5.92 Å². The van der Waals surface area contributed by atoms with Crippen molar-refractivity contribution < 1.29 is 9.59 Å². The van der Waals surface area contributed by atoms with Crippen LogP contribution in [0.2, 0.25) is 0 Å². The van der Waals surface area contributed by atoms with E-state index in [0.717, 1.165) is 56.8 Å². The van der Waals surface area contributed by atoms with Gasteiger partial charge in [-0.25, -0.2) is 0 Å². The largest absolute Gasteiger partial charge is 0.371 e. The summed E-state index contributed by atoms with van der Waals surface area (Å²) in [5, 5.41) is 6.07. The molecule has 2 aromatic carbocycles. The monoisotopic (exact) mass is 450 g/mol. The number of piperidine rings is 1. The Morgan fingerprint density at radius 1 is 1.00 bits per heavy atom. The average molecular weight is 451 g/mol. The van der Waals surface area contributed by atoms with Crippen LogP contribution in [0.5, 0.6) is 0 Å². The van der Waals surface area contributed by atoms with Crippen LogP contribution in [0, 0.1) is 12.8 Å². The topological polar surface area (TPSA) is 64.7 Å². The van der Waals surface area contributed by atoms with E-state index in [2.05, 4.69) is 41.2 Å². The van der Waals surface area contributed by atoms with E-state index < -0.39 is 0 Å². The zero-order chi connectivity index (χ0) is 23.8. The minimum atomic E-state index is -0.166. The molecule has 1 heterocycles. The smallest absolute Gasteiger partial charge is 0.255 e. The van der Waals surface area contributed by atoms with Gasteiger partial charge in [0.05, 0.1) is 5.56 Å². The van der Waals surface area contributed by atoms with E-state index in [0.29, 0.717) is 29.3 Å². The van der Waals surface area contributed by atoms with Crippen LogP contribution in [0.25, 0.3) is 0 Å². The molecule has 2 amide bonds. The fourth-order valence-electron chi connectivity index (χ4n) is 4.31. The fraction of sp³-hybridized carbons (Fsp3) is 0.481. The van der Waals surface area contributed by atoms with Gasteiger partial charge in [-0.1, -0.05) is 39.0 Å². The number of hydrogen-bond donors (Lipinski definition) is 2. The number of rotatable bonds is 9. The van der Waals surface area contributed by atoms with E-state index in [9.17, 15) is 9.59 Å². The Bertz CT molecular complexity index is 947. The lowest BCUT2D eigenvalue weighted by atomic mass is 9.97. The molecule has 1 saturated heterocycles. The number of benzene rings is 2. The van der Waals surface area contributed by atoms with Gasteiger partial charge in [0.15, 0.2) is 0 Å². The highest BCUT2D eigenvalue weighted by Crippen LogP contribution is 2.29. The number of hydrogen-bond acceptors (Lipinski definition) is 4. The second kappa shape index (κ2) is 11.8. The van der Waals surface area contributed by atoms with Crippen LogP contribution < -0.4 is 15.5 Å². The van der Waals surface area contributed by atoms with E-state index in [1.807, 2.05) is 49.4 Å². The highest BCUT2D eigenvalue weighted by atomic mass is 16.2. The summed E-state index contributed by atoms with van der Waals surface area (Å²) in [6.07, 6.45) is 2.24. The second-order valence-corrected chi connectivity index (χ2v) is 8.95. The van der Waals surface area contributed by atoms with Crippen LogP contribution in [-0.2, 0) is 0 Å². The van der Waals surface area contributed by atoms with Gasteiger partial charge >= 0.3 is 0 Å². The molecule has 1 aliphatic heterocycles. The van der Waals surface area contributed by atoms with Gasteiger partial charge in [0.25, 0.3) is 11.8 Å². The molecule has 0 unspecified atom stereocenters. The molecule has 2 N–H and O–H groups in total. The summed E-state index contributed by atoms with van der Waals surface area (Å²) in [4.78, 5) is 30.6. The van der Waals surface area contributed by atoms with Gasteiger partial charge in [-0.15, -0.1) is 0 Å². The number of nitrogens with zero attached hydrogens (tertiary/aromatic N) is 2. The minimum absolute atomic E-state index is 0.0947. The lowest BCUT2D eigenvalue weighted by Crippen LogP contribution is -2.37. The third-order valence-corrected chi connectivity index (χ3v) is 6.62. The lowest BCUT2D eigenvalue weighted by Gasteiger charge is -2.33. The van der Waals surface area contributed by atoms with Crippen molar-refractivity contribution in [1.29, 1.82) is 0 Å². The lowest BCUT2D eigenvalue weighted by molar-refractivity contribution is 0.0948. The fourth-order valence-corrected chi connectivity index (χ4v) is 4.31. The highest BCUT2D eigenvalue weighted by Gasteiger charge is 2.22.